The molecule has 0 aliphatic heterocycles. The van der Waals surface area contributed by atoms with Crippen molar-refractivity contribution in [2.45, 2.75) is 0 Å². The quantitative estimate of drug-likeness (QED) is 0.708. The summed E-state index contributed by atoms with van der Waals surface area (Å²) in [5.41, 5.74) is 5.97. The Kier molecular flexibility index (Phi) is 2.34. The second kappa shape index (κ2) is 3.66. The van der Waals surface area contributed by atoms with E-state index >= 15 is 0 Å². The molecule has 0 atom stereocenters. The Morgan fingerprint density at radius 3 is 3.07 bits per heavy atom. The first kappa shape index (κ1) is 9.60. The van der Waals surface area contributed by atoms with E-state index in [9.17, 15) is 4.79 Å². The Morgan fingerprint density at radius 1 is 1.60 bits per heavy atom. The van der Waals surface area contributed by atoms with Gasteiger partial charge in [0.15, 0.2) is 0 Å². The van der Waals surface area contributed by atoms with Gasteiger partial charge in [-0.25, -0.2) is 4.98 Å². The third-order valence-corrected chi connectivity index (χ3v) is 2.12. The second-order valence-corrected chi connectivity index (χ2v) is 3.34. The lowest BCUT2D eigenvalue weighted by Gasteiger charge is -2.05. The predicted octanol–water partition coefficient (Wildman–Crippen LogP) is 0.195. The zero-order valence-corrected chi connectivity index (χ0v) is 8.49. The molecule has 0 bridgehead atoms. The van der Waals surface area contributed by atoms with Gasteiger partial charge in [-0.1, -0.05) is 12.2 Å². The van der Waals surface area contributed by atoms with Crippen LogP contribution in [-0.4, -0.2) is 19.5 Å². The van der Waals surface area contributed by atoms with Crippen LogP contribution in [0.25, 0.3) is 5.82 Å². The highest BCUT2D eigenvalue weighted by Crippen LogP contribution is 2.07. The first-order valence-electron chi connectivity index (χ1n) is 4.21. The average Bonchev–Trinajstić information content (AvgIpc) is 2.65. The maximum absolute atomic E-state index is 11.1. The van der Waals surface area contributed by atoms with Crippen molar-refractivity contribution in [3.05, 3.63) is 46.8 Å². The molecule has 0 unspecified atom stereocenters. The normalized spacial score (nSPS) is 10.1. The van der Waals surface area contributed by atoms with Gasteiger partial charge in [-0.2, -0.15) is 0 Å². The Bertz CT molecular complexity index is 557. The molecule has 2 aromatic heterocycles. The molecular formula is C9H8N4OS. The van der Waals surface area contributed by atoms with Crippen molar-refractivity contribution >= 4 is 17.2 Å². The summed E-state index contributed by atoms with van der Waals surface area (Å²) in [6, 6.07) is 4.93. The first-order chi connectivity index (χ1) is 7.18. The van der Waals surface area contributed by atoms with E-state index < -0.39 is 0 Å². The summed E-state index contributed by atoms with van der Waals surface area (Å²) in [7, 11) is 0. The van der Waals surface area contributed by atoms with E-state index in [1.165, 1.54) is 12.4 Å². The van der Waals surface area contributed by atoms with Crippen LogP contribution in [0.5, 0.6) is 0 Å². The van der Waals surface area contributed by atoms with Crippen LogP contribution in [0.3, 0.4) is 0 Å². The molecule has 5 nitrogen and oxygen atoms in total. The van der Waals surface area contributed by atoms with Crippen LogP contribution in [0.15, 0.2) is 35.5 Å². The SMILES string of the molecule is NC(=S)c1cccn1-c1cc(=O)[nH]cn1. The van der Waals surface area contributed by atoms with Crippen molar-refractivity contribution in [3.8, 4) is 5.82 Å². The summed E-state index contributed by atoms with van der Waals surface area (Å²) in [6.07, 6.45) is 3.08. The number of nitrogens with one attached hydrogen (secondary N) is 1. The number of aromatic amines is 1. The minimum absolute atomic E-state index is 0.220. The third kappa shape index (κ3) is 1.79. The summed E-state index contributed by atoms with van der Waals surface area (Å²) < 4.78 is 1.66. The lowest BCUT2D eigenvalue weighted by molar-refractivity contribution is 0.960. The minimum Gasteiger partial charge on any atom is -0.388 e. The zero-order valence-electron chi connectivity index (χ0n) is 7.68. The molecule has 0 aliphatic carbocycles. The van der Waals surface area contributed by atoms with Gasteiger partial charge in [0.1, 0.15) is 10.8 Å². The number of nitrogens with zero attached hydrogens (tertiary/aromatic N) is 2. The molecule has 0 aromatic carbocycles. The fourth-order valence-electron chi connectivity index (χ4n) is 1.27. The van der Waals surface area contributed by atoms with E-state index in [1.54, 1.807) is 22.9 Å². The molecule has 15 heavy (non-hydrogen) atoms. The topological polar surface area (TPSA) is 76.7 Å². The zero-order chi connectivity index (χ0) is 10.8. The fraction of sp³-hybridized carbons (Fsp3) is 0. The summed E-state index contributed by atoms with van der Waals surface area (Å²) in [4.78, 5) is 17.8. The maximum atomic E-state index is 11.1. The molecule has 0 saturated heterocycles. The minimum atomic E-state index is -0.220. The van der Waals surface area contributed by atoms with E-state index in [2.05, 4.69) is 9.97 Å². The Hall–Kier alpha value is -1.95. The van der Waals surface area contributed by atoms with Crippen molar-refractivity contribution in [2.75, 3.05) is 0 Å². The Morgan fingerprint density at radius 2 is 2.40 bits per heavy atom. The van der Waals surface area contributed by atoms with Crippen molar-refractivity contribution in [3.63, 3.8) is 0 Å². The number of nitrogens with two attached hydrogens (primary N) is 1. The summed E-state index contributed by atoms with van der Waals surface area (Å²) in [6.45, 7) is 0. The average molecular weight is 220 g/mol. The van der Waals surface area contributed by atoms with Crippen LogP contribution in [0.4, 0.5) is 0 Å². The number of aromatic nitrogens is 3. The molecular weight excluding hydrogens is 212 g/mol. The van der Waals surface area contributed by atoms with Crippen LogP contribution >= 0.6 is 12.2 Å². The van der Waals surface area contributed by atoms with Gasteiger partial charge >= 0.3 is 0 Å². The first-order valence-corrected chi connectivity index (χ1v) is 4.61. The van der Waals surface area contributed by atoms with Gasteiger partial charge in [-0.15, -0.1) is 0 Å². The molecule has 0 aliphatic rings. The fourth-order valence-corrected chi connectivity index (χ4v) is 1.44. The third-order valence-electron chi connectivity index (χ3n) is 1.91. The smallest absolute Gasteiger partial charge is 0.252 e. The van der Waals surface area contributed by atoms with Gasteiger partial charge < -0.3 is 10.7 Å². The summed E-state index contributed by atoms with van der Waals surface area (Å²) in [5, 5.41) is 0. The lowest BCUT2D eigenvalue weighted by atomic mass is 10.4. The lowest BCUT2D eigenvalue weighted by Crippen LogP contribution is -2.16. The molecule has 0 amide bonds. The van der Waals surface area contributed by atoms with Crippen LogP contribution < -0.4 is 11.3 Å². The number of hydrogen-bond donors (Lipinski definition) is 2. The Balaban J connectivity index is 2.59. The molecule has 6 heteroatoms. The number of thiocarbonyl (C=S) groups is 1. The van der Waals surface area contributed by atoms with Crippen molar-refractivity contribution in [2.24, 2.45) is 5.73 Å². The van der Waals surface area contributed by atoms with Crippen LogP contribution in [-0.2, 0) is 0 Å². The van der Waals surface area contributed by atoms with Gasteiger partial charge in [-0.3, -0.25) is 9.36 Å². The molecule has 0 radical (unpaired) electrons. The van der Waals surface area contributed by atoms with E-state index in [0.29, 0.717) is 11.5 Å². The van der Waals surface area contributed by atoms with Crippen LogP contribution in [0.2, 0.25) is 0 Å². The maximum Gasteiger partial charge on any atom is 0.252 e. The van der Waals surface area contributed by atoms with Gasteiger partial charge in [0.25, 0.3) is 5.56 Å². The summed E-state index contributed by atoms with van der Waals surface area (Å²) >= 11 is 4.88. The van der Waals surface area contributed by atoms with Gasteiger partial charge in [0.2, 0.25) is 0 Å². The Labute approximate surface area is 90.6 Å². The number of hydrogen-bond acceptors (Lipinski definition) is 3. The van der Waals surface area contributed by atoms with E-state index in [4.69, 9.17) is 18.0 Å². The van der Waals surface area contributed by atoms with Crippen molar-refractivity contribution in [1.82, 2.24) is 14.5 Å². The monoisotopic (exact) mass is 220 g/mol. The van der Waals surface area contributed by atoms with Gasteiger partial charge in [0, 0.05) is 12.3 Å². The van der Waals surface area contributed by atoms with Crippen LogP contribution in [0, 0.1) is 0 Å². The molecule has 0 spiro atoms. The molecule has 76 valence electrons. The van der Waals surface area contributed by atoms with E-state index in [1.807, 2.05) is 0 Å². The molecule has 2 heterocycles. The van der Waals surface area contributed by atoms with Crippen LogP contribution in [0.1, 0.15) is 5.69 Å². The van der Waals surface area contributed by atoms with E-state index in [0.717, 1.165) is 0 Å². The molecule has 0 fully saturated rings. The highest BCUT2D eigenvalue weighted by atomic mass is 32.1. The van der Waals surface area contributed by atoms with Crippen molar-refractivity contribution < 1.29 is 0 Å². The van der Waals surface area contributed by atoms with Crippen molar-refractivity contribution in [1.29, 1.82) is 0 Å². The standard InChI is InChI=1S/C9H8N4OS/c10-9(15)6-2-1-3-13(6)7-4-8(14)12-5-11-7/h1-5H,(H2,10,15)(H,11,12,14). The molecule has 0 saturated carbocycles. The summed E-state index contributed by atoms with van der Waals surface area (Å²) in [5.74, 6) is 0.492. The molecule has 3 N–H and O–H groups in total. The highest BCUT2D eigenvalue weighted by Gasteiger charge is 2.06. The molecule has 2 rings (SSSR count). The number of H-pyrrole nitrogens is 1. The highest BCUT2D eigenvalue weighted by molar-refractivity contribution is 7.80. The largest absolute Gasteiger partial charge is 0.388 e. The van der Waals surface area contributed by atoms with E-state index in [-0.39, 0.29) is 10.5 Å². The molecule has 2 aromatic rings. The van der Waals surface area contributed by atoms with Gasteiger partial charge in [-0.05, 0) is 12.1 Å². The second-order valence-electron chi connectivity index (χ2n) is 2.90. The number of rotatable bonds is 2. The predicted molar refractivity (Wildman–Crippen MR) is 60.1 cm³/mol. The van der Waals surface area contributed by atoms with Gasteiger partial charge in [0.05, 0.1) is 12.0 Å².